The first kappa shape index (κ1) is 25.6. The van der Waals surface area contributed by atoms with Crippen LogP contribution >= 0.6 is 24.8 Å². The van der Waals surface area contributed by atoms with Crippen LogP contribution < -0.4 is 10.1 Å². The van der Waals surface area contributed by atoms with E-state index in [1.165, 1.54) is 0 Å². The quantitative estimate of drug-likeness (QED) is 0.571. The Kier molecular flexibility index (Phi) is 9.33. The zero-order valence-corrected chi connectivity index (χ0v) is 19.2. The van der Waals surface area contributed by atoms with Gasteiger partial charge in [-0.3, -0.25) is 14.7 Å². The smallest absolute Gasteiger partial charge is 0.308 e. The van der Waals surface area contributed by atoms with Crippen molar-refractivity contribution in [1.29, 1.82) is 0 Å². The molecule has 31 heavy (non-hydrogen) atoms. The summed E-state index contributed by atoms with van der Waals surface area (Å²) in [6.07, 6.45) is 3.15. The highest BCUT2D eigenvalue weighted by atomic mass is 35.5. The third-order valence-corrected chi connectivity index (χ3v) is 6.53. The van der Waals surface area contributed by atoms with Crippen LogP contribution in [0.3, 0.4) is 0 Å². The molecule has 0 amide bonds. The summed E-state index contributed by atoms with van der Waals surface area (Å²) in [5, 5.41) is 24.8. The topological polar surface area (TPSA) is 94.9 Å². The highest BCUT2D eigenvalue weighted by Gasteiger charge is 2.38. The molecule has 2 fully saturated rings. The monoisotopic (exact) mass is 471 g/mol. The Hall–Kier alpha value is -1.64. The Morgan fingerprint density at radius 2 is 2.10 bits per heavy atom. The first-order chi connectivity index (χ1) is 14.1. The summed E-state index contributed by atoms with van der Waals surface area (Å²) in [5.41, 5.74) is 1.63. The number of piperidine rings is 1. The van der Waals surface area contributed by atoms with E-state index in [1.807, 2.05) is 24.3 Å². The number of ether oxygens (including phenoxy) is 1. The number of aliphatic hydroxyl groups is 1. The van der Waals surface area contributed by atoms with Gasteiger partial charge in [0.1, 0.15) is 5.75 Å². The Balaban J connectivity index is 0.00000171. The van der Waals surface area contributed by atoms with Crippen LogP contribution in [0.1, 0.15) is 30.9 Å². The predicted molar refractivity (Wildman–Crippen MR) is 124 cm³/mol. The molecule has 3 heterocycles. The van der Waals surface area contributed by atoms with Gasteiger partial charge in [-0.05, 0) is 61.6 Å². The predicted octanol–water partition coefficient (Wildman–Crippen LogP) is 2.90. The number of halogens is 2. The summed E-state index contributed by atoms with van der Waals surface area (Å²) in [4.78, 5) is 18.6. The number of carboxylic acid groups (broad SMARTS) is 1. The Labute approximate surface area is 195 Å². The van der Waals surface area contributed by atoms with Crippen molar-refractivity contribution in [2.75, 3.05) is 33.3 Å². The molecular formula is C22H31Cl2N3O4. The third kappa shape index (κ3) is 5.59. The molecule has 0 radical (unpaired) electrons. The summed E-state index contributed by atoms with van der Waals surface area (Å²) >= 11 is 0. The van der Waals surface area contributed by atoms with Gasteiger partial charge in [0.2, 0.25) is 0 Å². The summed E-state index contributed by atoms with van der Waals surface area (Å²) in [6.45, 7) is 3.45. The van der Waals surface area contributed by atoms with Gasteiger partial charge in [0, 0.05) is 37.3 Å². The van der Waals surface area contributed by atoms with Gasteiger partial charge in [-0.2, -0.15) is 0 Å². The van der Waals surface area contributed by atoms with E-state index in [-0.39, 0.29) is 36.6 Å². The van der Waals surface area contributed by atoms with Crippen molar-refractivity contribution in [2.24, 2.45) is 11.8 Å². The van der Waals surface area contributed by atoms with Gasteiger partial charge in [-0.15, -0.1) is 24.8 Å². The van der Waals surface area contributed by atoms with Gasteiger partial charge in [0.15, 0.2) is 0 Å². The van der Waals surface area contributed by atoms with Gasteiger partial charge < -0.3 is 20.3 Å². The second-order valence-electron chi connectivity index (χ2n) is 8.18. The minimum Gasteiger partial charge on any atom is -0.497 e. The number of nitrogens with one attached hydrogen (secondary N) is 1. The van der Waals surface area contributed by atoms with E-state index >= 15 is 0 Å². The molecule has 3 N–H and O–H groups in total. The molecule has 2 aromatic rings. The number of fused-ring (bicyclic) bond motifs is 1. The summed E-state index contributed by atoms with van der Waals surface area (Å²) in [7, 11) is 1.62. The van der Waals surface area contributed by atoms with E-state index in [1.54, 1.807) is 13.3 Å². The standard InChI is InChI=1S/C22H29N3O4.2ClH/c1-29-16-3-4-20-18(10-16)17(6-8-24-20)21(26)5-2-14-7-9-25(15-11-23-12-15)13-19(14)22(27)28;;/h3-4,6,8,10,14-15,19,21,23,26H,2,5,7,9,11-13H2,1H3,(H,27,28);2*1H/t14-,19+,21?;;/m1../s1. The molecule has 0 bridgehead atoms. The van der Waals surface area contributed by atoms with E-state index in [2.05, 4.69) is 15.2 Å². The minimum absolute atomic E-state index is 0. The number of carbonyl (C=O) groups is 1. The zero-order chi connectivity index (χ0) is 20.4. The summed E-state index contributed by atoms with van der Waals surface area (Å²) in [5.74, 6) is -0.275. The Morgan fingerprint density at radius 1 is 1.32 bits per heavy atom. The summed E-state index contributed by atoms with van der Waals surface area (Å²) in [6, 6.07) is 7.95. The number of hydrogen-bond donors (Lipinski definition) is 3. The molecule has 2 aliphatic heterocycles. The van der Waals surface area contributed by atoms with Gasteiger partial charge >= 0.3 is 5.97 Å². The minimum atomic E-state index is -0.722. The van der Waals surface area contributed by atoms with Crippen molar-refractivity contribution in [2.45, 2.75) is 31.4 Å². The average molecular weight is 472 g/mol. The Bertz CT molecular complexity index is 881. The van der Waals surface area contributed by atoms with Crippen molar-refractivity contribution in [3.05, 3.63) is 36.0 Å². The first-order valence-electron chi connectivity index (χ1n) is 10.3. The van der Waals surface area contributed by atoms with Crippen LogP contribution in [0.25, 0.3) is 10.9 Å². The van der Waals surface area contributed by atoms with Crippen LogP contribution in [0.5, 0.6) is 5.75 Å². The number of likely N-dealkylation sites (tertiary alicyclic amines) is 1. The lowest BCUT2D eigenvalue weighted by molar-refractivity contribution is -0.147. The van der Waals surface area contributed by atoms with E-state index in [4.69, 9.17) is 4.74 Å². The number of pyridine rings is 1. The van der Waals surface area contributed by atoms with Gasteiger partial charge in [-0.25, -0.2) is 0 Å². The second kappa shape index (κ2) is 11.3. The second-order valence-corrected chi connectivity index (χ2v) is 8.18. The largest absolute Gasteiger partial charge is 0.497 e. The molecule has 7 nitrogen and oxygen atoms in total. The molecule has 1 aromatic heterocycles. The van der Waals surface area contributed by atoms with Crippen LogP contribution in [0, 0.1) is 11.8 Å². The fraction of sp³-hybridized carbons (Fsp3) is 0.545. The lowest BCUT2D eigenvalue weighted by Gasteiger charge is -2.44. The number of nitrogens with zero attached hydrogens (tertiary/aromatic N) is 2. The van der Waals surface area contributed by atoms with Crippen LogP contribution in [-0.4, -0.2) is 65.4 Å². The van der Waals surface area contributed by atoms with E-state index < -0.39 is 12.1 Å². The van der Waals surface area contributed by atoms with Gasteiger partial charge in [0.05, 0.1) is 24.6 Å². The molecular weight excluding hydrogens is 441 g/mol. The molecule has 9 heteroatoms. The van der Waals surface area contributed by atoms with E-state index in [0.717, 1.165) is 48.3 Å². The fourth-order valence-corrected chi connectivity index (χ4v) is 4.61. The van der Waals surface area contributed by atoms with E-state index in [9.17, 15) is 15.0 Å². The molecule has 2 saturated heterocycles. The molecule has 1 unspecified atom stereocenters. The van der Waals surface area contributed by atoms with Crippen LogP contribution in [0.15, 0.2) is 30.5 Å². The van der Waals surface area contributed by atoms with Crippen molar-refractivity contribution < 1.29 is 19.7 Å². The third-order valence-electron chi connectivity index (χ3n) is 6.53. The zero-order valence-electron chi connectivity index (χ0n) is 17.6. The maximum atomic E-state index is 11.9. The number of rotatable bonds is 7. The van der Waals surface area contributed by atoms with Crippen LogP contribution in [0.2, 0.25) is 0 Å². The fourth-order valence-electron chi connectivity index (χ4n) is 4.61. The SMILES string of the molecule is COc1ccc2nccc(C(O)CC[C@@H]3CCN(C4CNC4)C[C@@H]3C(=O)O)c2c1.Cl.Cl. The normalized spacial score (nSPS) is 22.6. The van der Waals surface area contributed by atoms with Gasteiger partial charge in [0.25, 0.3) is 0 Å². The van der Waals surface area contributed by atoms with Gasteiger partial charge in [-0.1, -0.05) is 0 Å². The number of methoxy groups -OCH3 is 1. The van der Waals surface area contributed by atoms with Crippen molar-refractivity contribution in [3.63, 3.8) is 0 Å². The summed E-state index contributed by atoms with van der Waals surface area (Å²) < 4.78 is 5.31. The Morgan fingerprint density at radius 3 is 2.74 bits per heavy atom. The van der Waals surface area contributed by atoms with Crippen LogP contribution in [0.4, 0.5) is 0 Å². The van der Waals surface area contributed by atoms with Crippen molar-refractivity contribution in [1.82, 2.24) is 15.2 Å². The number of aliphatic carboxylic acids is 1. The van der Waals surface area contributed by atoms with Crippen molar-refractivity contribution in [3.8, 4) is 5.75 Å². The molecule has 0 spiro atoms. The highest BCUT2D eigenvalue weighted by molar-refractivity contribution is 5.85. The van der Waals surface area contributed by atoms with Crippen molar-refractivity contribution >= 4 is 41.7 Å². The maximum Gasteiger partial charge on any atom is 0.308 e. The molecule has 2 aliphatic rings. The number of benzene rings is 1. The molecule has 4 rings (SSSR count). The van der Waals surface area contributed by atoms with E-state index in [0.29, 0.717) is 25.4 Å². The molecule has 1 aromatic carbocycles. The molecule has 3 atom stereocenters. The number of carboxylic acids is 1. The van der Waals surface area contributed by atoms with Crippen LogP contribution in [-0.2, 0) is 4.79 Å². The molecule has 0 aliphatic carbocycles. The lowest BCUT2D eigenvalue weighted by Crippen LogP contribution is -2.60. The highest BCUT2D eigenvalue weighted by Crippen LogP contribution is 2.34. The molecule has 172 valence electrons. The number of hydrogen-bond acceptors (Lipinski definition) is 6. The number of aliphatic hydroxyl groups excluding tert-OH is 1. The maximum absolute atomic E-state index is 11.9. The number of aromatic nitrogens is 1. The molecule has 0 saturated carbocycles. The average Bonchev–Trinajstić information content (AvgIpc) is 2.70. The lowest BCUT2D eigenvalue weighted by atomic mass is 9.80. The first-order valence-corrected chi connectivity index (χ1v) is 10.3.